The van der Waals surface area contributed by atoms with E-state index in [1.165, 1.54) is 16.8 Å². The number of benzene rings is 1. The molecule has 2 aliphatic rings. The lowest BCUT2D eigenvalue weighted by Crippen LogP contribution is -2.30. The van der Waals surface area contributed by atoms with Gasteiger partial charge < -0.3 is 9.84 Å². The number of carboxylic acid groups (broad SMARTS) is 1. The number of rotatable bonds is 8. The fraction of sp³-hybridized carbons (Fsp3) is 0.524. The predicted octanol–water partition coefficient (Wildman–Crippen LogP) is 3.34. The van der Waals surface area contributed by atoms with Crippen LogP contribution in [-0.4, -0.2) is 41.3 Å². The molecule has 0 aliphatic heterocycles. The summed E-state index contributed by atoms with van der Waals surface area (Å²) in [5, 5.41) is 16.6. The molecular formula is C21H26ClN3O5S. The zero-order valence-electron chi connectivity index (χ0n) is 17.1. The Kier molecular flexibility index (Phi) is 6.55. The van der Waals surface area contributed by atoms with Gasteiger partial charge in [0, 0.05) is 17.3 Å². The van der Waals surface area contributed by atoms with Gasteiger partial charge in [0.2, 0.25) is 0 Å². The van der Waals surface area contributed by atoms with Gasteiger partial charge in [0.15, 0.2) is 9.84 Å². The normalized spacial score (nSPS) is 19.3. The third kappa shape index (κ3) is 5.05. The molecule has 0 spiro atoms. The summed E-state index contributed by atoms with van der Waals surface area (Å²) in [6.45, 7) is -0.200. The molecule has 8 nitrogen and oxygen atoms in total. The maximum atomic E-state index is 12.9. The molecule has 168 valence electrons. The first kappa shape index (κ1) is 22.1. The van der Waals surface area contributed by atoms with Crippen LogP contribution < -0.4 is 10.1 Å². The summed E-state index contributed by atoms with van der Waals surface area (Å²) in [5.74, 6) is -0.690. The Morgan fingerprint density at radius 2 is 2.03 bits per heavy atom. The van der Waals surface area contributed by atoms with Crippen molar-refractivity contribution in [3.63, 3.8) is 0 Å². The third-order valence-electron chi connectivity index (χ3n) is 5.93. The summed E-state index contributed by atoms with van der Waals surface area (Å²) >= 11 is 6.31. The van der Waals surface area contributed by atoms with Gasteiger partial charge in [-0.1, -0.05) is 11.6 Å². The van der Waals surface area contributed by atoms with E-state index in [9.17, 15) is 13.2 Å². The van der Waals surface area contributed by atoms with Gasteiger partial charge in [-0.25, -0.2) is 8.42 Å². The van der Waals surface area contributed by atoms with Crippen molar-refractivity contribution >= 4 is 27.4 Å². The Hall–Kier alpha value is -2.10. The lowest BCUT2D eigenvalue weighted by molar-refractivity contribution is -0.137. The number of nitrogens with one attached hydrogen (secondary N) is 1. The molecule has 31 heavy (non-hydrogen) atoms. The standard InChI is InChI=1S/C21H26ClN3O5S/c22-17-10-15(8-9-20(17)30-14-4-1-2-5-14)31(28,29)13-23-18-6-3-7-19-16(18)11-24-25(19)12-21(26)27/h8-11,14,18,23H,1-7,12-13H2,(H,26,27)/t18-/m1/s1. The van der Waals surface area contributed by atoms with Crippen molar-refractivity contribution in [3.05, 3.63) is 40.7 Å². The zero-order valence-corrected chi connectivity index (χ0v) is 18.7. The number of aromatic nitrogens is 2. The average Bonchev–Trinajstić information content (AvgIpc) is 3.38. The van der Waals surface area contributed by atoms with Crippen LogP contribution in [0.15, 0.2) is 29.3 Å². The number of fused-ring (bicyclic) bond motifs is 1. The van der Waals surface area contributed by atoms with E-state index >= 15 is 0 Å². The van der Waals surface area contributed by atoms with Crippen molar-refractivity contribution in [3.8, 4) is 5.75 Å². The molecule has 2 N–H and O–H groups in total. The summed E-state index contributed by atoms with van der Waals surface area (Å²) in [4.78, 5) is 11.2. The minimum atomic E-state index is -3.61. The number of ether oxygens (including phenoxy) is 1. The molecule has 0 bridgehead atoms. The van der Waals surface area contributed by atoms with Crippen molar-refractivity contribution < 1.29 is 23.1 Å². The minimum absolute atomic E-state index is 0.140. The van der Waals surface area contributed by atoms with E-state index in [1.807, 2.05) is 0 Å². The second-order valence-electron chi connectivity index (χ2n) is 8.12. The number of halogens is 1. The van der Waals surface area contributed by atoms with Crippen LogP contribution in [0.2, 0.25) is 5.02 Å². The highest BCUT2D eigenvalue weighted by molar-refractivity contribution is 7.91. The molecule has 1 aromatic carbocycles. The van der Waals surface area contributed by atoms with Crippen LogP contribution in [0, 0.1) is 0 Å². The maximum absolute atomic E-state index is 12.9. The topological polar surface area (TPSA) is 111 Å². The van der Waals surface area contributed by atoms with Crippen LogP contribution in [0.1, 0.15) is 55.8 Å². The first-order valence-electron chi connectivity index (χ1n) is 10.5. The van der Waals surface area contributed by atoms with Crippen LogP contribution in [0.5, 0.6) is 5.75 Å². The van der Waals surface area contributed by atoms with Gasteiger partial charge in [-0.05, 0) is 63.1 Å². The molecule has 0 amide bonds. The number of nitrogens with zero attached hydrogens (tertiary/aromatic N) is 2. The summed E-state index contributed by atoms with van der Waals surface area (Å²) in [6, 6.07) is 4.41. The largest absolute Gasteiger partial charge is 0.489 e. The summed E-state index contributed by atoms with van der Waals surface area (Å²) in [5.41, 5.74) is 1.71. The maximum Gasteiger partial charge on any atom is 0.325 e. The highest BCUT2D eigenvalue weighted by Crippen LogP contribution is 2.33. The summed E-state index contributed by atoms with van der Waals surface area (Å²) in [6.07, 6.45) is 8.35. The number of hydrogen-bond acceptors (Lipinski definition) is 6. The van der Waals surface area contributed by atoms with Crippen molar-refractivity contribution in [2.75, 3.05) is 5.88 Å². The second kappa shape index (κ2) is 9.18. The average molecular weight is 468 g/mol. The molecule has 2 aliphatic carbocycles. The van der Waals surface area contributed by atoms with Gasteiger partial charge in [0.1, 0.15) is 18.2 Å². The lowest BCUT2D eigenvalue weighted by Gasteiger charge is -2.24. The zero-order chi connectivity index (χ0) is 22.0. The molecule has 1 atom stereocenters. The Morgan fingerprint density at radius 3 is 2.74 bits per heavy atom. The molecule has 1 fully saturated rings. The number of sulfone groups is 1. The number of carbonyl (C=O) groups is 1. The monoisotopic (exact) mass is 467 g/mol. The molecule has 1 saturated carbocycles. The lowest BCUT2D eigenvalue weighted by atomic mass is 9.93. The van der Waals surface area contributed by atoms with E-state index in [1.54, 1.807) is 12.3 Å². The first-order valence-corrected chi connectivity index (χ1v) is 12.6. The molecule has 0 saturated heterocycles. The van der Waals surface area contributed by atoms with Crippen molar-refractivity contribution in [2.45, 2.75) is 68.5 Å². The number of carboxylic acids is 1. The molecule has 0 unspecified atom stereocenters. The molecule has 1 aromatic heterocycles. The summed E-state index contributed by atoms with van der Waals surface area (Å²) in [7, 11) is -3.61. The molecule has 0 radical (unpaired) electrons. The Labute approximate surface area is 186 Å². The van der Waals surface area contributed by atoms with E-state index in [-0.39, 0.29) is 29.5 Å². The van der Waals surface area contributed by atoms with Crippen LogP contribution in [-0.2, 0) is 27.6 Å². The van der Waals surface area contributed by atoms with Crippen LogP contribution in [0.3, 0.4) is 0 Å². The van der Waals surface area contributed by atoms with E-state index < -0.39 is 15.8 Å². The molecule has 2 aromatic rings. The highest BCUT2D eigenvalue weighted by Gasteiger charge is 2.27. The Morgan fingerprint density at radius 1 is 1.26 bits per heavy atom. The number of hydrogen-bond donors (Lipinski definition) is 2. The van der Waals surface area contributed by atoms with Crippen LogP contribution in [0.25, 0.3) is 0 Å². The molecule has 4 rings (SSSR count). The second-order valence-corrected chi connectivity index (χ2v) is 10.5. The SMILES string of the molecule is O=C(O)Cn1ncc2c1CCC[C@H]2NCS(=O)(=O)c1ccc(OC2CCCC2)c(Cl)c1. The van der Waals surface area contributed by atoms with Gasteiger partial charge in [-0.3, -0.25) is 14.8 Å². The fourth-order valence-electron chi connectivity index (χ4n) is 4.35. The van der Waals surface area contributed by atoms with E-state index in [2.05, 4.69) is 10.4 Å². The summed E-state index contributed by atoms with van der Waals surface area (Å²) < 4.78 is 33.1. The minimum Gasteiger partial charge on any atom is -0.489 e. The quantitative estimate of drug-likeness (QED) is 0.612. The third-order valence-corrected chi connectivity index (χ3v) is 7.74. The van der Waals surface area contributed by atoms with Gasteiger partial charge in [0.25, 0.3) is 0 Å². The Bertz CT molecular complexity index is 1060. The first-order chi connectivity index (χ1) is 14.8. The van der Waals surface area contributed by atoms with E-state index in [0.717, 1.165) is 56.2 Å². The van der Waals surface area contributed by atoms with Crippen molar-refractivity contribution in [2.24, 2.45) is 0 Å². The predicted molar refractivity (Wildman–Crippen MR) is 115 cm³/mol. The van der Waals surface area contributed by atoms with E-state index in [4.69, 9.17) is 21.4 Å². The molecule has 10 heteroatoms. The van der Waals surface area contributed by atoms with Crippen molar-refractivity contribution in [1.82, 2.24) is 15.1 Å². The van der Waals surface area contributed by atoms with Crippen LogP contribution in [0.4, 0.5) is 0 Å². The number of aliphatic carboxylic acids is 1. The van der Waals surface area contributed by atoms with Crippen LogP contribution >= 0.6 is 11.6 Å². The fourth-order valence-corrected chi connectivity index (χ4v) is 5.79. The van der Waals surface area contributed by atoms with E-state index in [0.29, 0.717) is 10.8 Å². The smallest absolute Gasteiger partial charge is 0.325 e. The van der Waals surface area contributed by atoms with Gasteiger partial charge in [-0.2, -0.15) is 5.10 Å². The van der Waals surface area contributed by atoms with Gasteiger partial charge in [-0.15, -0.1) is 0 Å². The molecule has 1 heterocycles. The van der Waals surface area contributed by atoms with Gasteiger partial charge in [0.05, 0.1) is 22.2 Å². The Balaban J connectivity index is 1.43. The molecular weight excluding hydrogens is 442 g/mol. The van der Waals surface area contributed by atoms with Crippen molar-refractivity contribution in [1.29, 1.82) is 0 Å². The highest BCUT2D eigenvalue weighted by atomic mass is 35.5. The van der Waals surface area contributed by atoms with Gasteiger partial charge >= 0.3 is 5.97 Å².